The van der Waals surface area contributed by atoms with Crippen molar-refractivity contribution in [2.75, 3.05) is 0 Å². The molecular weight excluding hydrogens is 1580 g/mol. The smallest absolute Gasteiger partial charge is 0 e. The van der Waals surface area contributed by atoms with Crippen molar-refractivity contribution < 1.29 is 81.7 Å². The Balaban J connectivity index is 0.000000154. The molecule has 100 heavy (non-hydrogen) atoms. The molecule has 0 N–H and O–H groups in total. The fourth-order valence-electron chi connectivity index (χ4n) is 12.1. The van der Waals surface area contributed by atoms with E-state index in [0.29, 0.717) is 0 Å². The molecule has 0 fully saturated rings. The molecule has 4 heteroatoms. The van der Waals surface area contributed by atoms with Crippen molar-refractivity contribution in [1.29, 1.82) is 0 Å². The van der Waals surface area contributed by atoms with E-state index in [-0.39, 0.29) is 93.5 Å². The van der Waals surface area contributed by atoms with Gasteiger partial charge < -0.3 is 0 Å². The van der Waals surface area contributed by atoms with Gasteiger partial charge in [0, 0.05) is 81.7 Å². The molecule has 12 aromatic rings. The molecule has 0 aliphatic heterocycles. The molecule has 0 nitrogen and oxygen atoms in total. The summed E-state index contributed by atoms with van der Waals surface area (Å²) in [4.78, 5) is 0. The number of hydrogen-bond donors (Lipinski definition) is 0. The van der Waals surface area contributed by atoms with E-state index in [0.717, 1.165) is 73.6 Å². The van der Waals surface area contributed by atoms with Gasteiger partial charge in [0.2, 0.25) is 0 Å². The largest absolute Gasteiger partial charge is 0.267 e. The van der Waals surface area contributed by atoms with E-state index in [9.17, 15) is 0 Å². The van der Waals surface area contributed by atoms with Crippen LogP contribution in [0, 0.1) is 85.0 Å². The zero-order valence-electron chi connectivity index (χ0n) is 54.9. The average molecular weight is 1650 g/mol. The maximum absolute atomic E-state index is 3.56. The van der Waals surface area contributed by atoms with Crippen LogP contribution in [-0.2, 0) is 120 Å². The van der Waals surface area contributed by atoms with Crippen molar-refractivity contribution in [2.24, 2.45) is 0 Å². The summed E-state index contributed by atoms with van der Waals surface area (Å²) in [5.74, 6) is 0.485. The number of hydrogen-bond acceptors (Lipinski definition) is 0. The Bertz CT molecular complexity index is 4740. The Labute approximate surface area is 649 Å². The van der Waals surface area contributed by atoms with E-state index in [1.54, 1.807) is 0 Å². The minimum Gasteiger partial charge on any atom is -0.267 e. The minimum atomic E-state index is 0. The van der Waals surface area contributed by atoms with Crippen LogP contribution in [0.25, 0.3) is 33.4 Å². The maximum Gasteiger partial charge on any atom is 0 e. The number of allylic oxidation sites excluding steroid dienone is 16. The Morgan fingerprint density at radius 3 is 0.940 bits per heavy atom. The third-order valence-electron chi connectivity index (χ3n) is 16.9. The zero-order chi connectivity index (χ0) is 64.8. The van der Waals surface area contributed by atoms with E-state index in [2.05, 4.69) is 328 Å². The molecule has 0 aromatic heterocycles. The standard InChI is InChI=1S/2C25H18.2C23H16.4Pd/c2*1-2-8-20(9-3-1)16-21-10-6-11-22(17-21)18-23-12-7-15-25(19-23)24-13-4-5-14-24;2*1-2-10-20(9-1)22-13-5-7-18(16-22)15-19-8-6-14-23(17-19)21-11-3-4-12-21;;;;/h1-8,10-12,15H,13,16,18H2;1-8,10-13,15,24H,16,18H2;1-10,13-14H,11,15H2;1-11,13-14,21H,15H2;;;;/q4*-4;;;;. The molecule has 0 amide bonds. The average Bonchev–Trinajstić information content (AvgIpc) is 1.45. The molecule has 0 radical (unpaired) electrons. The molecule has 4 aliphatic carbocycles. The van der Waals surface area contributed by atoms with Crippen LogP contribution in [0.5, 0.6) is 0 Å². The van der Waals surface area contributed by atoms with Crippen molar-refractivity contribution in [2.45, 2.75) is 63.2 Å². The van der Waals surface area contributed by atoms with Gasteiger partial charge in [0.05, 0.1) is 0 Å². The first kappa shape index (κ1) is 75.7. The fourth-order valence-corrected chi connectivity index (χ4v) is 12.1. The van der Waals surface area contributed by atoms with Crippen LogP contribution in [0.15, 0.2) is 303 Å². The summed E-state index contributed by atoms with van der Waals surface area (Å²) in [5, 5.41) is 0. The molecule has 2 unspecified atom stereocenters. The first-order valence-electron chi connectivity index (χ1n) is 33.0. The van der Waals surface area contributed by atoms with Gasteiger partial charge in [-0.3, -0.25) is 12.2 Å². The SMILES string of the molecule is [C-]1=C(c2[c-]c(Cc3[c-]c(-c4ccc[cH-]4)ccc3)ccc2)CC=C1.[C-]1=C(c2[c-]c(Cc3[c-]c(Cc4[c-]cccc4)ccc3)ccc2)CC=C1.[C-]1=CC=CC1c1[c-]c(Cc2[c-]c(-c3ccc[cH-]3)ccc2)ccc1.[C-]1=CC=CC1c1[c-]c(Cc2[c-]c(Cc3[c-]cccc3)ccc2)ccc1.[Pd].[Pd].[Pd].[Pd]. The van der Waals surface area contributed by atoms with Crippen LogP contribution < -0.4 is 0 Å². The molecule has 0 heterocycles. The van der Waals surface area contributed by atoms with Crippen molar-refractivity contribution in [1.82, 2.24) is 0 Å². The fraction of sp³-hybridized carbons (Fsp3) is 0.104. The third kappa shape index (κ3) is 22.2. The topological polar surface area (TPSA) is 0 Å². The summed E-state index contributed by atoms with van der Waals surface area (Å²) < 4.78 is 0. The summed E-state index contributed by atoms with van der Waals surface area (Å²) in [6, 6.07) is 119. The summed E-state index contributed by atoms with van der Waals surface area (Å²) in [6.07, 6.45) is 40.9. The molecule has 0 spiro atoms. The summed E-state index contributed by atoms with van der Waals surface area (Å²) >= 11 is 0. The van der Waals surface area contributed by atoms with E-state index >= 15 is 0 Å². The van der Waals surface area contributed by atoms with Crippen LogP contribution in [0.3, 0.4) is 0 Å². The molecule has 2 atom stereocenters. The van der Waals surface area contributed by atoms with Crippen LogP contribution in [-0.4, -0.2) is 0 Å². The van der Waals surface area contributed by atoms with Gasteiger partial charge in [-0.2, -0.15) is 347 Å². The van der Waals surface area contributed by atoms with E-state index in [1.165, 1.54) is 100 Å². The summed E-state index contributed by atoms with van der Waals surface area (Å²) in [5.41, 5.74) is 26.2. The molecule has 508 valence electrons. The monoisotopic (exact) mass is 1640 g/mol. The quantitative estimate of drug-likeness (QED) is 0.0593. The van der Waals surface area contributed by atoms with Gasteiger partial charge in [-0.25, -0.2) is 105 Å². The van der Waals surface area contributed by atoms with Crippen molar-refractivity contribution in [3.05, 3.63) is 477 Å². The first-order valence-corrected chi connectivity index (χ1v) is 33.0. The molecule has 4 aliphatic rings. The van der Waals surface area contributed by atoms with E-state index in [4.69, 9.17) is 0 Å². The van der Waals surface area contributed by atoms with Gasteiger partial charge in [-0.15, -0.1) is 59.4 Å². The molecular formula is C96H68Pd4-16. The molecule has 0 bridgehead atoms. The zero-order valence-corrected chi connectivity index (χ0v) is 61.2. The van der Waals surface area contributed by atoms with Gasteiger partial charge in [0.15, 0.2) is 0 Å². The molecule has 0 saturated carbocycles. The second-order valence-corrected chi connectivity index (χ2v) is 24.1. The van der Waals surface area contributed by atoms with Crippen LogP contribution in [0.4, 0.5) is 0 Å². The van der Waals surface area contributed by atoms with Crippen LogP contribution >= 0.6 is 0 Å². The second-order valence-electron chi connectivity index (χ2n) is 24.1. The van der Waals surface area contributed by atoms with Crippen molar-refractivity contribution in [3.63, 3.8) is 0 Å². The Morgan fingerprint density at radius 1 is 0.300 bits per heavy atom. The van der Waals surface area contributed by atoms with Gasteiger partial charge in [0.1, 0.15) is 0 Å². The third-order valence-corrected chi connectivity index (χ3v) is 16.9. The van der Waals surface area contributed by atoms with E-state index < -0.39 is 0 Å². The summed E-state index contributed by atoms with van der Waals surface area (Å²) in [6.45, 7) is 0. The van der Waals surface area contributed by atoms with Gasteiger partial charge in [-0.1, -0.05) is 11.8 Å². The van der Waals surface area contributed by atoms with Crippen molar-refractivity contribution >= 4 is 11.1 Å². The van der Waals surface area contributed by atoms with Gasteiger partial charge >= 0.3 is 0 Å². The predicted octanol–water partition coefficient (Wildman–Crippen LogP) is 21.4. The summed E-state index contributed by atoms with van der Waals surface area (Å²) in [7, 11) is 0. The predicted molar refractivity (Wildman–Crippen MR) is 392 cm³/mol. The Kier molecular flexibility index (Phi) is 29.9. The van der Waals surface area contributed by atoms with Crippen molar-refractivity contribution in [3.8, 4) is 22.3 Å². The Morgan fingerprint density at radius 2 is 0.620 bits per heavy atom. The normalized spacial score (nSPS) is 13.9. The molecule has 0 saturated heterocycles. The molecule has 12 aromatic carbocycles. The van der Waals surface area contributed by atoms with Crippen LogP contribution in [0.2, 0.25) is 0 Å². The maximum atomic E-state index is 3.56. The van der Waals surface area contributed by atoms with Crippen LogP contribution in [0.1, 0.15) is 114 Å². The number of rotatable bonds is 18. The van der Waals surface area contributed by atoms with Gasteiger partial charge in [0.25, 0.3) is 0 Å². The minimum absolute atomic E-state index is 0. The van der Waals surface area contributed by atoms with E-state index in [1.807, 2.05) is 60.7 Å². The second kappa shape index (κ2) is 39.5. The first-order chi connectivity index (χ1) is 47.5. The number of benzene rings is 10. The molecule has 16 rings (SSSR count). The van der Waals surface area contributed by atoms with Gasteiger partial charge in [-0.05, 0) is 38.5 Å². The Hall–Kier alpha value is -8.53.